The Hall–Kier alpha value is -2.97. The summed E-state index contributed by atoms with van der Waals surface area (Å²) >= 11 is 0. The molecule has 0 aliphatic rings. The van der Waals surface area contributed by atoms with Gasteiger partial charge in [0.2, 0.25) is 5.65 Å². The van der Waals surface area contributed by atoms with E-state index in [1.165, 1.54) is 28.9 Å². The van der Waals surface area contributed by atoms with Crippen LogP contribution in [-0.2, 0) is 6.18 Å². The number of hydrogen-bond donors (Lipinski definition) is 0. The molecule has 0 amide bonds. The number of rotatable bonds is 2. The van der Waals surface area contributed by atoms with Gasteiger partial charge >= 0.3 is 11.9 Å². The van der Waals surface area contributed by atoms with Gasteiger partial charge in [-0.2, -0.15) is 18.3 Å². The van der Waals surface area contributed by atoms with Crippen LogP contribution < -0.4 is 0 Å². The van der Waals surface area contributed by atoms with E-state index in [-0.39, 0.29) is 11.3 Å². The van der Waals surface area contributed by atoms with E-state index in [9.17, 15) is 23.3 Å². The fourth-order valence-corrected chi connectivity index (χ4v) is 2.06. The van der Waals surface area contributed by atoms with Crippen LogP contribution in [0.2, 0.25) is 0 Å². The molecule has 22 heavy (non-hydrogen) atoms. The van der Waals surface area contributed by atoms with E-state index >= 15 is 0 Å². The Morgan fingerprint density at radius 1 is 1.14 bits per heavy atom. The first-order valence-corrected chi connectivity index (χ1v) is 6.02. The summed E-state index contributed by atoms with van der Waals surface area (Å²) in [6.07, 6.45) is -2.02. The summed E-state index contributed by atoms with van der Waals surface area (Å²) in [7, 11) is 0. The molecule has 2 heterocycles. The van der Waals surface area contributed by atoms with Gasteiger partial charge in [0.15, 0.2) is 0 Å². The molecule has 3 rings (SSSR count). The largest absolute Gasteiger partial charge is 0.416 e. The third-order valence-corrected chi connectivity index (χ3v) is 3.09. The van der Waals surface area contributed by atoms with Crippen molar-refractivity contribution in [3.8, 4) is 11.3 Å². The quantitative estimate of drug-likeness (QED) is 0.537. The standard InChI is InChI=1S/C13H7F3N4O2/c14-13(15,16)9-3-1-8(2-4-9)10-5-6-17-12-11(20(21)22)7-18-19(10)12/h1-7H. The number of benzene rings is 1. The van der Waals surface area contributed by atoms with Crippen LogP contribution in [0.1, 0.15) is 5.56 Å². The molecule has 1 aromatic carbocycles. The highest BCUT2D eigenvalue weighted by Gasteiger charge is 2.30. The van der Waals surface area contributed by atoms with Gasteiger partial charge < -0.3 is 0 Å². The molecule has 3 aromatic rings. The Balaban J connectivity index is 2.13. The van der Waals surface area contributed by atoms with Gasteiger partial charge in [0.1, 0.15) is 6.20 Å². The predicted octanol–water partition coefficient (Wildman–Crippen LogP) is 3.32. The van der Waals surface area contributed by atoms with Gasteiger partial charge in [0, 0.05) is 11.8 Å². The van der Waals surface area contributed by atoms with Crippen molar-refractivity contribution < 1.29 is 18.1 Å². The Labute approximate surface area is 121 Å². The second-order valence-corrected chi connectivity index (χ2v) is 4.43. The number of nitrogens with zero attached hydrogens (tertiary/aromatic N) is 4. The third kappa shape index (κ3) is 2.26. The molecule has 6 nitrogen and oxygen atoms in total. The highest BCUT2D eigenvalue weighted by molar-refractivity contribution is 5.67. The Kier molecular flexibility index (Phi) is 3.05. The number of hydrogen-bond acceptors (Lipinski definition) is 4. The van der Waals surface area contributed by atoms with Crippen LogP contribution in [0.3, 0.4) is 0 Å². The van der Waals surface area contributed by atoms with Crippen LogP contribution in [0.5, 0.6) is 0 Å². The van der Waals surface area contributed by atoms with Gasteiger partial charge in [-0.25, -0.2) is 9.50 Å². The molecule has 0 bridgehead atoms. The monoisotopic (exact) mass is 308 g/mol. The van der Waals surface area contributed by atoms with Gasteiger partial charge in [-0.15, -0.1) is 0 Å². The van der Waals surface area contributed by atoms with Crippen molar-refractivity contribution in [3.05, 3.63) is 58.4 Å². The normalized spacial score (nSPS) is 11.8. The van der Waals surface area contributed by atoms with E-state index in [2.05, 4.69) is 10.1 Å². The first kappa shape index (κ1) is 14.0. The second kappa shape index (κ2) is 4.79. The minimum atomic E-state index is -4.42. The van der Waals surface area contributed by atoms with Crippen LogP contribution in [0, 0.1) is 10.1 Å². The molecular formula is C13H7F3N4O2. The fourth-order valence-electron chi connectivity index (χ4n) is 2.06. The van der Waals surface area contributed by atoms with Crippen molar-refractivity contribution in [2.75, 3.05) is 0 Å². The molecule has 0 aliphatic carbocycles. The molecule has 0 radical (unpaired) electrons. The average Bonchev–Trinajstić information content (AvgIpc) is 2.90. The van der Waals surface area contributed by atoms with Crippen LogP contribution in [0.25, 0.3) is 16.9 Å². The fraction of sp³-hybridized carbons (Fsp3) is 0.0769. The molecule has 0 fully saturated rings. The van der Waals surface area contributed by atoms with Crippen LogP contribution in [-0.4, -0.2) is 19.5 Å². The number of alkyl halides is 3. The van der Waals surface area contributed by atoms with E-state index in [4.69, 9.17) is 0 Å². The maximum absolute atomic E-state index is 12.6. The molecule has 0 atom stereocenters. The van der Waals surface area contributed by atoms with Crippen molar-refractivity contribution in [2.45, 2.75) is 6.18 Å². The number of halogens is 3. The predicted molar refractivity (Wildman–Crippen MR) is 70.1 cm³/mol. The van der Waals surface area contributed by atoms with Crippen molar-refractivity contribution in [2.24, 2.45) is 0 Å². The van der Waals surface area contributed by atoms with Crippen molar-refractivity contribution in [1.82, 2.24) is 14.6 Å². The van der Waals surface area contributed by atoms with E-state index < -0.39 is 16.7 Å². The van der Waals surface area contributed by atoms with Gasteiger partial charge in [-0.05, 0) is 18.2 Å². The van der Waals surface area contributed by atoms with Crippen molar-refractivity contribution in [3.63, 3.8) is 0 Å². The molecule has 0 saturated heterocycles. The van der Waals surface area contributed by atoms with Crippen LogP contribution >= 0.6 is 0 Å². The lowest BCUT2D eigenvalue weighted by Crippen LogP contribution is -2.04. The molecule has 0 saturated carbocycles. The number of aromatic nitrogens is 3. The summed E-state index contributed by atoms with van der Waals surface area (Å²) < 4.78 is 38.9. The molecule has 0 unspecified atom stereocenters. The minimum absolute atomic E-state index is 0.0300. The number of fused-ring (bicyclic) bond motifs is 1. The number of nitro groups is 1. The summed E-state index contributed by atoms with van der Waals surface area (Å²) in [6.45, 7) is 0. The van der Waals surface area contributed by atoms with Crippen LogP contribution in [0.15, 0.2) is 42.7 Å². The zero-order valence-corrected chi connectivity index (χ0v) is 10.8. The summed E-state index contributed by atoms with van der Waals surface area (Å²) in [4.78, 5) is 14.1. The Bertz CT molecular complexity index is 856. The molecule has 0 aliphatic heterocycles. The Morgan fingerprint density at radius 3 is 2.41 bits per heavy atom. The van der Waals surface area contributed by atoms with Crippen molar-refractivity contribution >= 4 is 11.3 Å². The maximum atomic E-state index is 12.6. The average molecular weight is 308 g/mol. The first-order chi connectivity index (χ1) is 10.4. The minimum Gasteiger partial charge on any atom is -0.258 e. The SMILES string of the molecule is O=[N+]([O-])c1cnn2c(-c3ccc(C(F)(F)F)cc3)ccnc12. The zero-order chi connectivity index (χ0) is 15.9. The molecule has 0 spiro atoms. The zero-order valence-electron chi connectivity index (χ0n) is 10.8. The van der Waals surface area contributed by atoms with Gasteiger partial charge in [-0.1, -0.05) is 12.1 Å². The molecular weight excluding hydrogens is 301 g/mol. The van der Waals surface area contributed by atoms with E-state index in [1.807, 2.05) is 0 Å². The highest BCUT2D eigenvalue weighted by Crippen LogP contribution is 2.31. The molecule has 112 valence electrons. The Morgan fingerprint density at radius 2 is 1.82 bits per heavy atom. The third-order valence-electron chi connectivity index (χ3n) is 3.09. The second-order valence-electron chi connectivity index (χ2n) is 4.43. The van der Waals surface area contributed by atoms with Gasteiger partial charge in [0.25, 0.3) is 0 Å². The lowest BCUT2D eigenvalue weighted by Gasteiger charge is -2.08. The lowest BCUT2D eigenvalue weighted by atomic mass is 10.1. The summed E-state index contributed by atoms with van der Waals surface area (Å²) in [6, 6.07) is 5.97. The van der Waals surface area contributed by atoms with Gasteiger partial charge in [0.05, 0.1) is 16.2 Å². The molecule has 2 aromatic heterocycles. The van der Waals surface area contributed by atoms with E-state index in [0.29, 0.717) is 11.3 Å². The van der Waals surface area contributed by atoms with Gasteiger partial charge in [-0.3, -0.25) is 10.1 Å². The van der Waals surface area contributed by atoms with Crippen molar-refractivity contribution in [1.29, 1.82) is 0 Å². The maximum Gasteiger partial charge on any atom is 0.416 e. The van der Waals surface area contributed by atoms with Crippen LogP contribution in [0.4, 0.5) is 18.9 Å². The topological polar surface area (TPSA) is 73.3 Å². The molecule has 9 heteroatoms. The smallest absolute Gasteiger partial charge is 0.258 e. The first-order valence-electron chi connectivity index (χ1n) is 6.02. The summed E-state index contributed by atoms with van der Waals surface area (Å²) in [5.74, 6) is 0. The molecule has 0 N–H and O–H groups in total. The van der Waals surface area contributed by atoms with E-state index in [0.717, 1.165) is 18.3 Å². The van der Waals surface area contributed by atoms with E-state index in [1.54, 1.807) is 0 Å². The highest BCUT2D eigenvalue weighted by atomic mass is 19.4. The summed E-state index contributed by atoms with van der Waals surface area (Å²) in [5, 5.41) is 14.7. The summed E-state index contributed by atoms with van der Waals surface area (Å²) in [5.41, 5.74) is -0.158. The lowest BCUT2D eigenvalue weighted by molar-refractivity contribution is -0.383.